The molecule has 1 aromatic heterocycles. The van der Waals surface area contributed by atoms with Gasteiger partial charge in [-0.25, -0.2) is 9.97 Å². The first-order chi connectivity index (χ1) is 15.7. The smallest absolute Gasteiger partial charge is 0.187 e. The highest BCUT2D eigenvalue weighted by Crippen LogP contribution is 2.31. The molecule has 2 aromatic rings. The van der Waals surface area contributed by atoms with E-state index >= 15 is 0 Å². The normalized spacial score (nSPS) is 19.9. The van der Waals surface area contributed by atoms with Crippen molar-refractivity contribution in [3.63, 3.8) is 0 Å². The fourth-order valence-electron chi connectivity index (χ4n) is 4.71. The van der Waals surface area contributed by atoms with Crippen LogP contribution < -0.4 is 9.47 Å². The number of hydrogen-bond acceptors (Lipinski definition) is 7. The van der Waals surface area contributed by atoms with Gasteiger partial charge in [0, 0.05) is 43.2 Å². The molecule has 1 aromatic carbocycles. The van der Waals surface area contributed by atoms with E-state index in [1.165, 1.54) is 50.0 Å². The van der Waals surface area contributed by atoms with Crippen molar-refractivity contribution in [1.82, 2.24) is 19.8 Å². The van der Waals surface area contributed by atoms with Gasteiger partial charge in [0.15, 0.2) is 16.7 Å². The van der Waals surface area contributed by atoms with Crippen LogP contribution in [-0.4, -0.2) is 72.0 Å². The van der Waals surface area contributed by atoms with Crippen LogP contribution in [0.25, 0.3) is 0 Å². The number of benzene rings is 1. The monoisotopic (exact) mass is 456 g/mol. The molecule has 2 fully saturated rings. The lowest BCUT2D eigenvalue weighted by atomic mass is 9.94. The molecule has 2 aliphatic heterocycles. The Morgan fingerprint density at radius 3 is 2.72 bits per heavy atom. The fraction of sp³-hybridized carbons (Fsp3) is 0.600. The standard InChI is InChI=1S/C25H36N4O2S/c1-3-31-24-17-20(8-9-23(24)30-2)18-29-14-6-7-21(19-29)22-10-11-26-25(27-22)32-16-15-28-12-4-5-13-28/h8-11,17,21H,3-7,12-16,18-19H2,1-2H3. The molecular weight excluding hydrogens is 420 g/mol. The molecule has 0 radical (unpaired) electrons. The minimum absolute atomic E-state index is 0.467. The topological polar surface area (TPSA) is 50.7 Å². The van der Waals surface area contributed by atoms with Crippen LogP contribution >= 0.6 is 11.8 Å². The SMILES string of the molecule is CCOc1cc(CN2CCCC(c3ccnc(SCCN4CCCC4)n3)C2)ccc1OC. The lowest BCUT2D eigenvalue weighted by Crippen LogP contribution is -2.34. The molecule has 2 aliphatic rings. The zero-order valence-electron chi connectivity index (χ0n) is 19.5. The Morgan fingerprint density at radius 2 is 1.91 bits per heavy atom. The summed E-state index contributed by atoms with van der Waals surface area (Å²) in [6, 6.07) is 8.38. The lowest BCUT2D eigenvalue weighted by Gasteiger charge is -2.32. The van der Waals surface area contributed by atoms with E-state index < -0.39 is 0 Å². The van der Waals surface area contributed by atoms with Crippen molar-refractivity contribution in [2.45, 2.75) is 50.2 Å². The molecule has 174 valence electrons. The number of rotatable bonds is 10. The van der Waals surface area contributed by atoms with Crippen molar-refractivity contribution in [1.29, 1.82) is 0 Å². The van der Waals surface area contributed by atoms with Gasteiger partial charge in [0.2, 0.25) is 0 Å². The molecule has 3 heterocycles. The van der Waals surface area contributed by atoms with Crippen LogP contribution in [0.3, 0.4) is 0 Å². The first-order valence-electron chi connectivity index (χ1n) is 12.0. The van der Waals surface area contributed by atoms with E-state index in [0.29, 0.717) is 12.5 Å². The van der Waals surface area contributed by atoms with Crippen LogP contribution in [0.2, 0.25) is 0 Å². The van der Waals surface area contributed by atoms with Gasteiger partial charge in [-0.05, 0) is 76.0 Å². The summed E-state index contributed by atoms with van der Waals surface area (Å²) in [4.78, 5) is 14.5. The third-order valence-corrected chi connectivity index (χ3v) is 7.19. The maximum absolute atomic E-state index is 5.76. The number of aromatic nitrogens is 2. The summed E-state index contributed by atoms with van der Waals surface area (Å²) in [7, 11) is 1.69. The summed E-state index contributed by atoms with van der Waals surface area (Å²) in [6.45, 7) is 9.35. The quantitative estimate of drug-likeness (QED) is 0.387. The Labute approximate surface area is 196 Å². The number of hydrogen-bond donors (Lipinski definition) is 0. The van der Waals surface area contributed by atoms with Gasteiger partial charge in [-0.15, -0.1) is 0 Å². The number of ether oxygens (including phenoxy) is 2. The van der Waals surface area contributed by atoms with Gasteiger partial charge in [-0.3, -0.25) is 4.90 Å². The van der Waals surface area contributed by atoms with Crippen molar-refractivity contribution >= 4 is 11.8 Å². The average Bonchev–Trinajstić information content (AvgIpc) is 3.34. The molecule has 0 spiro atoms. The van der Waals surface area contributed by atoms with Crippen LogP contribution in [0.5, 0.6) is 11.5 Å². The zero-order valence-corrected chi connectivity index (χ0v) is 20.3. The molecule has 7 heteroatoms. The Bertz CT molecular complexity index is 860. The summed E-state index contributed by atoms with van der Waals surface area (Å²) in [5.41, 5.74) is 2.45. The summed E-state index contributed by atoms with van der Waals surface area (Å²) in [6.07, 6.45) is 7.02. The summed E-state index contributed by atoms with van der Waals surface area (Å²) >= 11 is 1.80. The van der Waals surface area contributed by atoms with E-state index in [4.69, 9.17) is 14.5 Å². The summed E-state index contributed by atoms with van der Waals surface area (Å²) in [5.74, 6) is 3.16. The van der Waals surface area contributed by atoms with Crippen molar-refractivity contribution in [3.05, 3.63) is 41.7 Å². The predicted molar refractivity (Wildman–Crippen MR) is 130 cm³/mol. The zero-order chi connectivity index (χ0) is 22.2. The first kappa shape index (κ1) is 23.3. The fourth-order valence-corrected chi connectivity index (χ4v) is 5.55. The van der Waals surface area contributed by atoms with E-state index in [1.54, 1.807) is 18.9 Å². The molecule has 2 saturated heterocycles. The number of thioether (sulfide) groups is 1. The minimum Gasteiger partial charge on any atom is -0.493 e. The maximum Gasteiger partial charge on any atom is 0.187 e. The first-order valence-corrected chi connectivity index (χ1v) is 12.9. The van der Waals surface area contributed by atoms with E-state index in [1.807, 2.05) is 19.2 Å². The Hall–Kier alpha value is -1.83. The summed E-state index contributed by atoms with van der Waals surface area (Å²) in [5, 5.41) is 0.926. The molecule has 0 aliphatic carbocycles. The van der Waals surface area contributed by atoms with Gasteiger partial charge in [0.1, 0.15) is 0 Å². The molecule has 1 unspecified atom stereocenters. The molecule has 0 bridgehead atoms. The van der Waals surface area contributed by atoms with Crippen LogP contribution in [0.15, 0.2) is 35.6 Å². The molecule has 0 amide bonds. The second kappa shape index (κ2) is 11.9. The van der Waals surface area contributed by atoms with Crippen LogP contribution in [0.1, 0.15) is 49.8 Å². The van der Waals surface area contributed by atoms with Gasteiger partial charge in [-0.2, -0.15) is 0 Å². The van der Waals surface area contributed by atoms with Crippen molar-refractivity contribution in [2.24, 2.45) is 0 Å². The van der Waals surface area contributed by atoms with Crippen molar-refractivity contribution in [2.75, 3.05) is 52.2 Å². The lowest BCUT2D eigenvalue weighted by molar-refractivity contribution is 0.197. The van der Waals surface area contributed by atoms with E-state index in [9.17, 15) is 0 Å². The predicted octanol–water partition coefficient (Wildman–Crippen LogP) is 4.45. The van der Waals surface area contributed by atoms with Crippen molar-refractivity contribution in [3.8, 4) is 11.5 Å². The second-order valence-electron chi connectivity index (χ2n) is 8.65. The highest BCUT2D eigenvalue weighted by atomic mass is 32.2. The van der Waals surface area contributed by atoms with Gasteiger partial charge in [-0.1, -0.05) is 17.8 Å². The Kier molecular flexibility index (Phi) is 8.65. The second-order valence-corrected chi connectivity index (χ2v) is 9.72. The molecule has 4 rings (SSSR count). The number of nitrogens with zero attached hydrogens (tertiary/aromatic N) is 4. The highest BCUT2D eigenvalue weighted by Gasteiger charge is 2.23. The van der Waals surface area contributed by atoms with Crippen LogP contribution in [0, 0.1) is 0 Å². The minimum atomic E-state index is 0.467. The Balaban J connectivity index is 1.34. The molecular formula is C25H36N4O2S. The van der Waals surface area contributed by atoms with Crippen LogP contribution in [0.4, 0.5) is 0 Å². The molecule has 0 saturated carbocycles. The third-order valence-electron chi connectivity index (χ3n) is 6.35. The third kappa shape index (κ3) is 6.36. The van der Waals surface area contributed by atoms with Gasteiger partial charge < -0.3 is 14.4 Å². The summed E-state index contributed by atoms with van der Waals surface area (Å²) < 4.78 is 11.2. The molecule has 0 N–H and O–H groups in total. The van der Waals surface area contributed by atoms with Gasteiger partial charge >= 0.3 is 0 Å². The van der Waals surface area contributed by atoms with E-state index in [2.05, 4.69) is 33.0 Å². The largest absolute Gasteiger partial charge is 0.493 e. The molecule has 6 nitrogen and oxygen atoms in total. The van der Waals surface area contributed by atoms with Crippen molar-refractivity contribution < 1.29 is 9.47 Å². The molecule has 32 heavy (non-hydrogen) atoms. The maximum atomic E-state index is 5.76. The average molecular weight is 457 g/mol. The molecule has 1 atom stereocenters. The van der Waals surface area contributed by atoms with Crippen LogP contribution in [-0.2, 0) is 6.54 Å². The van der Waals surface area contributed by atoms with E-state index in [0.717, 1.165) is 48.6 Å². The van der Waals surface area contributed by atoms with Gasteiger partial charge in [0.05, 0.1) is 13.7 Å². The Morgan fingerprint density at radius 1 is 1.06 bits per heavy atom. The number of likely N-dealkylation sites (tertiary alicyclic amines) is 2. The van der Waals surface area contributed by atoms with Gasteiger partial charge in [0.25, 0.3) is 0 Å². The number of piperidine rings is 1. The highest BCUT2D eigenvalue weighted by molar-refractivity contribution is 7.99. The van der Waals surface area contributed by atoms with E-state index in [-0.39, 0.29) is 0 Å². The number of methoxy groups -OCH3 is 1.